The van der Waals surface area contributed by atoms with Crippen LogP contribution in [0, 0.1) is 22.7 Å². The summed E-state index contributed by atoms with van der Waals surface area (Å²) in [6.45, 7) is 0. The Morgan fingerprint density at radius 1 is 1.05 bits per heavy atom. The molecule has 0 atom stereocenters. The van der Waals surface area contributed by atoms with Crippen molar-refractivity contribution < 1.29 is 13.2 Å². The van der Waals surface area contributed by atoms with E-state index in [-0.39, 0.29) is 22.6 Å². The molecule has 0 aliphatic carbocycles. The maximum Gasteiger partial charge on any atom is 0.416 e. The minimum absolute atomic E-state index is 0.153. The molecule has 1 aromatic heterocycles. The smallest absolute Gasteiger partial charge is 0.338 e. The largest absolute Gasteiger partial charge is 0.416 e. The van der Waals surface area contributed by atoms with Crippen molar-refractivity contribution in [1.82, 2.24) is 4.98 Å². The van der Waals surface area contributed by atoms with Gasteiger partial charge in [0.1, 0.15) is 18.0 Å². The number of rotatable bonds is 2. The maximum atomic E-state index is 12.6. The fourth-order valence-corrected chi connectivity index (χ4v) is 1.64. The van der Waals surface area contributed by atoms with Gasteiger partial charge in [0.25, 0.3) is 0 Å². The molecule has 0 saturated carbocycles. The highest BCUT2D eigenvalue weighted by Crippen LogP contribution is 2.32. The summed E-state index contributed by atoms with van der Waals surface area (Å²) in [4.78, 5) is 3.93. The van der Waals surface area contributed by atoms with Crippen LogP contribution < -0.4 is 5.32 Å². The van der Waals surface area contributed by atoms with Gasteiger partial charge in [0, 0.05) is 6.20 Å². The highest BCUT2D eigenvalue weighted by atomic mass is 19.4. The van der Waals surface area contributed by atoms with Crippen LogP contribution in [0.2, 0.25) is 0 Å². The normalized spacial score (nSPS) is 10.5. The number of hydrogen-bond donors (Lipinski definition) is 1. The number of anilines is 2. The number of nitriles is 2. The lowest BCUT2D eigenvalue weighted by atomic mass is 10.1. The van der Waals surface area contributed by atoms with Crippen molar-refractivity contribution in [2.45, 2.75) is 6.18 Å². The lowest BCUT2D eigenvalue weighted by molar-refractivity contribution is -0.137. The van der Waals surface area contributed by atoms with Crippen LogP contribution in [-0.2, 0) is 6.18 Å². The third kappa shape index (κ3) is 3.10. The van der Waals surface area contributed by atoms with Crippen molar-refractivity contribution in [3.8, 4) is 12.1 Å². The van der Waals surface area contributed by atoms with Gasteiger partial charge in [-0.25, -0.2) is 4.98 Å². The summed E-state index contributed by atoms with van der Waals surface area (Å²) in [5.74, 6) is 0.177. The second kappa shape index (κ2) is 5.51. The van der Waals surface area contributed by atoms with Gasteiger partial charge >= 0.3 is 6.18 Å². The molecule has 104 valence electrons. The highest BCUT2D eigenvalue weighted by molar-refractivity contribution is 5.68. The molecule has 1 heterocycles. The molecule has 4 nitrogen and oxygen atoms in total. The second-order valence-corrected chi connectivity index (χ2v) is 4.01. The summed E-state index contributed by atoms with van der Waals surface area (Å²) >= 11 is 0. The van der Waals surface area contributed by atoms with Gasteiger partial charge in [0.15, 0.2) is 0 Å². The van der Waals surface area contributed by atoms with Crippen molar-refractivity contribution >= 4 is 11.5 Å². The summed E-state index contributed by atoms with van der Waals surface area (Å²) in [6.07, 6.45) is -3.09. The Morgan fingerprint density at radius 3 is 2.38 bits per heavy atom. The van der Waals surface area contributed by atoms with E-state index in [1.54, 1.807) is 12.1 Å². The quantitative estimate of drug-likeness (QED) is 0.916. The molecule has 0 aliphatic rings. The van der Waals surface area contributed by atoms with Gasteiger partial charge in [-0.2, -0.15) is 23.7 Å². The van der Waals surface area contributed by atoms with Crippen molar-refractivity contribution in [3.63, 3.8) is 0 Å². The number of aromatic nitrogens is 1. The first-order valence-corrected chi connectivity index (χ1v) is 5.69. The van der Waals surface area contributed by atoms with Crippen LogP contribution in [0.5, 0.6) is 0 Å². The molecule has 0 spiro atoms. The van der Waals surface area contributed by atoms with Gasteiger partial charge in [-0.3, -0.25) is 0 Å². The number of pyridine rings is 1. The minimum Gasteiger partial charge on any atom is -0.338 e. The molecule has 7 heteroatoms. The molecule has 0 bridgehead atoms. The number of nitrogens with one attached hydrogen (secondary N) is 1. The van der Waals surface area contributed by atoms with E-state index >= 15 is 0 Å². The molecular weight excluding hydrogens is 281 g/mol. The Labute approximate surface area is 118 Å². The van der Waals surface area contributed by atoms with Crippen LogP contribution >= 0.6 is 0 Å². The van der Waals surface area contributed by atoms with E-state index in [4.69, 9.17) is 10.5 Å². The van der Waals surface area contributed by atoms with Crippen LogP contribution in [0.1, 0.15) is 16.7 Å². The molecule has 0 saturated heterocycles. The number of nitrogens with zero attached hydrogens (tertiary/aromatic N) is 3. The first-order valence-electron chi connectivity index (χ1n) is 5.69. The van der Waals surface area contributed by atoms with Gasteiger partial charge in [-0.05, 0) is 30.3 Å². The van der Waals surface area contributed by atoms with Crippen LogP contribution in [0.15, 0.2) is 36.5 Å². The van der Waals surface area contributed by atoms with Crippen LogP contribution in [0.4, 0.5) is 24.7 Å². The van der Waals surface area contributed by atoms with Gasteiger partial charge < -0.3 is 5.32 Å². The average Bonchev–Trinajstić information content (AvgIpc) is 2.47. The summed E-state index contributed by atoms with van der Waals surface area (Å²) in [5.41, 5.74) is -0.715. The second-order valence-electron chi connectivity index (χ2n) is 4.01. The number of halogens is 3. The summed E-state index contributed by atoms with van der Waals surface area (Å²) in [5, 5.41) is 20.6. The highest BCUT2D eigenvalue weighted by Gasteiger charge is 2.31. The van der Waals surface area contributed by atoms with Gasteiger partial charge in [0.2, 0.25) is 0 Å². The number of alkyl halides is 3. The predicted molar refractivity (Wildman–Crippen MR) is 68.4 cm³/mol. The third-order valence-electron chi connectivity index (χ3n) is 2.65. The van der Waals surface area contributed by atoms with E-state index in [0.717, 1.165) is 18.2 Å². The number of hydrogen-bond acceptors (Lipinski definition) is 4. The zero-order valence-electron chi connectivity index (χ0n) is 10.4. The monoisotopic (exact) mass is 288 g/mol. The molecule has 0 fully saturated rings. The lowest BCUT2D eigenvalue weighted by Crippen LogP contribution is -2.06. The Bertz CT molecular complexity index is 754. The van der Waals surface area contributed by atoms with Crippen molar-refractivity contribution in [3.05, 3.63) is 53.2 Å². The fraction of sp³-hybridized carbons (Fsp3) is 0.0714. The molecular formula is C14H7F3N4. The van der Waals surface area contributed by atoms with E-state index in [9.17, 15) is 13.2 Å². The van der Waals surface area contributed by atoms with E-state index in [1.165, 1.54) is 12.3 Å². The van der Waals surface area contributed by atoms with Crippen molar-refractivity contribution in [2.24, 2.45) is 0 Å². The van der Waals surface area contributed by atoms with E-state index < -0.39 is 11.7 Å². The third-order valence-corrected chi connectivity index (χ3v) is 2.65. The zero-order chi connectivity index (χ0) is 15.5. The van der Waals surface area contributed by atoms with Gasteiger partial charge in [-0.15, -0.1) is 0 Å². The van der Waals surface area contributed by atoms with Gasteiger partial charge in [-0.1, -0.05) is 0 Å². The summed E-state index contributed by atoms with van der Waals surface area (Å²) < 4.78 is 37.8. The molecule has 1 aromatic carbocycles. The Hall–Kier alpha value is -3.06. The molecule has 21 heavy (non-hydrogen) atoms. The Morgan fingerprint density at radius 2 is 1.76 bits per heavy atom. The molecule has 2 aromatic rings. The first kappa shape index (κ1) is 14.4. The predicted octanol–water partition coefficient (Wildman–Crippen LogP) is 3.59. The Kier molecular flexibility index (Phi) is 3.77. The Balaban J connectivity index is 2.42. The van der Waals surface area contributed by atoms with Crippen LogP contribution in [-0.4, -0.2) is 4.98 Å². The van der Waals surface area contributed by atoms with Crippen LogP contribution in [0.25, 0.3) is 0 Å². The van der Waals surface area contributed by atoms with Gasteiger partial charge in [0.05, 0.1) is 22.4 Å². The lowest BCUT2D eigenvalue weighted by Gasteiger charge is -2.11. The molecule has 0 amide bonds. The fourth-order valence-electron chi connectivity index (χ4n) is 1.64. The van der Waals surface area contributed by atoms with Crippen molar-refractivity contribution in [1.29, 1.82) is 10.5 Å². The van der Waals surface area contributed by atoms with Crippen molar-refractivity contribution in [2.75, 3.05) is 5.32 Å². The summed E-state index contributed by atoms with van der Waals surface area (Å²) in [7, 11) is 0. The standard InChI is InChI=1S/C14H7F3N4/c15-14(16,17)11-3-4-12(10(6-11)8-19)21-13-9(7-18)2-1-5-20-13/h1-6H,(H,20,21). The molecule has 0 unspecified atom stereocenters. The SMILES string of the molecule is N#Cc1cc(C(F)(F)F)ccc1Nc1ncccc1C#N. The minimum atomic E-state index is -4.52. The maximum absolute atomic E-state index is 12.6. The summed E-state index contributed by atoms with van der Waals surface area (Å²) in [6, 6.07) is 9.40. The molecule has 2 rings (SSSR count). The molecule has 0 aliphatic heterocycles. The topological polar surface area (TPSA) is 72.5 Å². The van der Waals surface area contributed by atoms with E-state index in [1.807, 2.05) is 6.07 Å². The average molecular weight is 288 g/mol. The zero-order valence-corrected chi connectivity index (χ0v) is 10.4. The first-order chi connectivity index (χ1) is 9.95. The van der Waals surface area contributed by atoms with E-state index in [0.29, 0.717) is 0 Å². The number of benzene rings is 1. The molecule has 0 radical (unpaired) electrons. The van der Waals surface area contributed by atoms with Crippen LogP contribution in [0.3, 0.4) is 0 Å². The van der Waals surface area contributed by atoms with E-state index in [2.05, 4.69) is 10.3 Å². The molecule has 1 N–H and O–H groups in total.